The number of amides is 1. The number of aliphatic hydroxyl groups excluding tert-OH is 1. The fourth-order valence-electron chi connectivity index (χ4n) is 4.43. The van der Waals surface area contributed by atoms with Gasteiger partial charge >= 0.3 is 0 Å². The lowest BCUT2D eigenvalue weighted by Gasteiger charge is -2.29. The third-order valence-corrected chi connectivity index (χ3v) is 6.69. The number of anilines is 3. The molecule has 0 unspecified atom stereocenters. The molecule has 1 aliphatic carbocycles. The number of carbonyl (C=O) groups is 1. The molecule has 2 aromatic heterocycles. The monoisotopic (exact) mass is 487 g/mol. The van der Waals surface area contributed by atoms with Gasteiger partial charge in [0.15, 0.2) is 0 Å². The zero-order valence-corrected chi connectivity index (χ0v) is 20.8. The molecule has 8 nitrogen and oxygen atoms in total. The van der Waals surface area contributed by atoms with E-state index in [1.807, 2.05) is 43.5 Å². The van der Waals surface area contributed by atoms with Crippen LogP contribution in [0.3, 0.4) is 0 Å². The summed E-state index contributed by atoms with van der Waals surface area (Å²) >= 11 is 0. The van der Waals surface area contributed by atoms with Crippen LogP contribution in [0.2, 0.25) is 0 Å². The average molecular weight is 488 g/mol. The van der Waals surface area contributed by atoms with Gasteiger partial charge in [-0.15, -0.1) is 0 Å². The molecule has 3 aromatic rings. The summed E-state index contributed by atoms with van der Waals surface area (Å²) < 4.78 is 5.52. The van der Waals surface area contributed by atoms with Crippen molar-refractivity contribution in [3.05, 3.63) is 65.5 Å². The van der Waals surface area contributed by atoms with Crippen molar-refractivity contribution < 1.29 is 14.6 Å². The second-order valence-electron chi connectivity index (χ2n) is 9.69. The Morgan fingerprint density at radius 3 is 2.72 bits per heavy atom. The number of aliphatic hydroxyl groups is 1. The van der Waals surface area contributed by atoms with E-state index in [0.29, 0.717) is 30.5 Å². The summed E-state index contributed by atoms with van der Waals surface area (Å²) in [5.74, 6) is 1.94. The smallest absolute Gasteiger partial charge is 0.257 e. The van der Waals surface area contributed by atoms with Crippen molar-refractivity contribution in [3.63, 3.8) is 0 Å². The molecule has 36 heavy (non-hydrogen) atoms. The lowest BCUT2D eigenvalue weighted by molar-refractivity contribution is 0.102. The molecule has 8 heteroatoms. The van der Waals surface area contributed by atoms with Gasteiger partial charge in [0.1, 0.15) is 11.6 Å². The van der Waals surface area contributed by atoms with Gasteiger partial charge in [-0.2, -0.15) is 0 Å². The van der Waals surface area contributed by atoms with E-state index in [-0.39, 0.29) is 18.6 Å². The summed E-state index contributed by atoms with van der Waals surface area (Å²) in [6.07, 6.45) is 5.81. The second-order valence-corrected chi connectivity index (χ2v) is 9.69. The average Bonchev–Trinajstić information content (AvgIpc) is 3.76. The van der Waals surface area contributed by atoms with E-state index in [1.54, 1.807) is 6.20 Å². The standard InChI is InChI=1S/C28H33N5O3/c1-18-3-6-24(31-28(35)23-11-22(15-29-16-23)20-4-5-20)14-25(18)21-12-26(30-19(2)17-34)32-27(13-21)33-7-9-36-10-8-33/h3,6,11-16,19-20,34H,4-5,7-10,17H2,1-2H3,(H,30,32)(H,31,35)/t19-/m1/s1. The van der Waals surface area contributed by atoms with E-state index < -0.39 is 0 Å². The van der Waals surface area contributed by atoms with E-state index in [4.69, 9.17) is 9.72 Å². The molecule has 5 rings (SSSR count). The summed E-state index contributed by atoms with van der Waals surface area (Å²) in [6, 6.07) is 11.8. The fourth-order valence-corrected chi connectivity index (χ4v) is 4.43. The maximum atomic E-state index is 13.0. The number of pyridine rings is 2. The molecule has 188 valence electrons. The Labute approximate surface area is 211 Å². The molecule has 0 bridgehead atoms. The number of hydrogen-bond donors (Lipinski definition) is 3. The third-order valence-electron chi connectivity index (χ3n) is 6.69. The molecule has 1 amide bonds. The van der Waals surface area contributed by atoms with Gasteiger partial charge in [0.25, 0.3) is 5.91 Å². The number of hydrogen-bond acceptors (Lipinski definition) is 7. The number of aryl methyl sites for hydroxylation is 1. The van der Waals surface area contributed by atoms with Crippen LogP contribution in [0.1, 0.15) is 47.2 Å². The van der Waals surface area contributed by atoms with E-state index in [9.17, 15) is 9.90 Å². The van der Waals surface area contributed by atoms with Crippen molar-refractivity contribution in [2.24, 2.45) is 0 Å². The molecule has 0 radical (unpaired) electrons. The normalized spacial score (nSPS) is 16.5. The Morgan fingerprint density at radius 1 is 1.17 bits per heavy atom. The largest absolute Gasteiger partial charge is 0.394 e. The first kappa shape index (κ1) is 24.2. The molecule has 2 aliphatic rings. The van der Waals surface area contributed by atoms with Crippen LogP contribution >= 0.6 is 0 Å². The topological polar surface area (TPSA) is 99.6 Å². The Bertz CT molecular complexity index is 1240. The number of carbonyl (C=O) groups excluding carboxylic acids is 1. The lowest BCUT2D eigenvalue weighted by Crippen LogP contribution is -2.37. The molecule has 1 saturated carbocycles. The van der Waals surface area contributed by atoms with Gasteiger partial charge in [-0.05, 0) is 85.2 Å². The Hall–Kier alpha value is -3.49. The van der Waals surface area contributed by atoms with Crippen LogP contribution in [0.25, 0.3) is 11.1 Å². The second kappa shape index (κ2) is 10.6. The number of aromatic nitrogens is 2. The Balaban J connectivity index is 1.44. The van der Waals surface area contributed by atoms with Crippen molar-refractivity contribution in [1.29, 1.82) is 0 Å². The zero-order chi connectivity index (χ0) is 25.1. The van der Waals surface area contributed by atoms with Crippen LogP contribution in [0, 0.1) is 6.92 Å². The maximum Gasteiger partial charge on any atom is 0.257 e. The first-order chi connectivity index (χ1) is 17.5. The highest BCUT2D eigenvalue weighted by molar-refractivity contribution is 6.04. The number of benzene rings is 1. The molecule has 1 atom stereocenters. The minimum absolute atomic E-state index is 0.0101. The lowest BCUT2D eigenvalue weighted by atomic mass is 10.00. The first-order valence-corrected chi connectivity index (χ1v) is 12.6. The molecule has 3 heterocycles. The van der Waals surface area contributed by atoms with E-state index >= 15 is 0 Å². The van der Waals surface area contributed by atoms with Gasteiger partial charge in [0.2, 0.25) is 0 Å². The molecule has 0 spiro atoms. The number of morpholine rings is 1. The molecular weight excluding hydrogens is 454 g/mol. The minimum atomic E-state index is -0.164. The number of rotatable bonds is 8. The van der Waals surface area contributed by atoms with E-state index in [0.717, 1.165) is 46.8 Å². The number of nitrogens with one attached hydrogen (secondary N) is 2. The SMILES string of the molecule is Cc1ccc(NC(=O)c2cncc(C3CC3)c2)cc1-c1cc(N[C@H](C)CO)nc(N2CCOCC2)c1. The van der Waals surface area contributed by atoms with Crippen LogP contribution in [0.4, 0.5) is 17.3 Å². The molecule has 1 aliphatic heterocycles. The fraction of sp³-hybridized carbons (Fsp3) is 0.393. The highest BCUT2D eigenvalue weighted by Crippen LogP contribution is 2.40. The summed E-state index contributed by atoms with van der Waals surface area (Å²) in [4.78, 5) is 24.3. The highest BCUT2D eigenvalue weighted by atomic mass is 16.5. The highest BCUT2D eigenvalue weighted by Gasteiger charge is 2.24. The van der Waals surface area contributed by atoms with Gasteiger partial charge in [-0.25, -0.2) is 4.98 Å². The Morgan fingerprint density at radius 2 is 1.97 bits per heavy atom. The summed E-state index contributed by atoms with van der Waals surface area (Å²) in [7, 11) is 0. The summed E-state index contributed by atoms with van der Waals surface area (Å²) in [6.45, 7) is 6.86. The van der Waals surface area contributed by atoms with Crippen molar-refractivity contribution >= 4 is 23.2 Å². The number of ether oxygens (including phenoxy) is 1. The van der Waals surface area contributed by atoms with Crippen LogP contribution < -0.4 is 15.5 Å². The first-order valence-electron chi connectivity index (χ1n) is 12.6. The van der Waals surface area contributed by atoms with Crippen molar-refractivity contribution in [2.45, 2.75) is 38.6 Å². The van der Waals surface area contributed by atoms with Crippen LogP contribution in [0.5, 0.6) is 0 Å². The molecule has 3 N–H and O–H groups in total. The van der Waals surface area contributed by atoms with Gasteiger partial charge in [0, 0.05) is 37.2 Å². The van der Waals surface area contributed by atoms with E-state index in [2.05, 4.69) is 33.5 Å². The molecule has 1 aromatic carbocycles. The molecule has 1 saturated heterocycles. The van der Waals surface area contributed by atoms with Crippen molar-refractivity contribution in [1.82, 2.24) is 9.97 Å². The van der Waals surface area contributed by atoms with Gasteiger partial charge in [0.05, 0.1) is 25.4 Å². The predicted octanol–water partition coefficient (Wildman–Crippen LogP) is 4.21. The van der Waals surface area contributed by atoms with Gasteiger partial charge in [-0.1, -0.05) is 6.07 Å². The summed E-state index contributed by atoms with van der Waals surface area (Å²) in [5, 5.41) is 15.9. The zero-order valence-electron chi connectivity index (χ0n) is 20.8. The maximum absolute atomic E-state index is 13.0. The van der Waals surface area contributed by atoms with Crippen LogP contribution in [0.15, 0.2) is 48.8 Å². The van der Waals surface area contributed by atoms with Gasteiger partial charge < -0.3 is 25.4 Å². The molecular formula is C28H33N5O3. The van der Waals surface area contributed by atoms with Gasteiger partial charge in [-0.3, -0.25) is 9.78 Å². The molecule has 2 fully saturated rings. The minimum Gasteiger partial charge on any atom is -0.394 e. The van der Waals surface area contributed by atoms with Crippen LogP contribution in [-0.2, 0) is 4.74 Å². The Kier molecular flexibility index (Phi) is 7.16. The number of nitrogens with zero attached hydrogens (tertiary/aromatic N) is 3. The predicted molar refractivity (Wildman–Crippen MR) is 142 cm³/mol. The van der Waals surface area contributed by atoms with Crippen LogP contribution in [-0.4, -0.2) is 59.9 Å². The van der Waals surface area contributed by atoms with Crippen molar-refractivity contribution in [2.75, 3.05) is 48.4 Å². The van der Waals surface area contributed by atoms with E-state index in [1.165, 1.54) is 12.8 Å². The quantitative estimate of drug-likeness (QED) is 0.438. The summed E-state index contributed by atoms with van der Waals surface area (Å²) in [5.41, 5.74) is 5.52. The van der Waals surface area contributed by atoms with Crippen molar-refractivity contribution in [3.8, 4) is 11.1 Å². The third kappa shape index (κ3) is 5.66.